The van der Waals surface area contributed by atoms with E-state index in [-0.39, 0.29) is 12.5 Å². The van der Waals surface area contributed by atoms with Gasteiger partial charge in [-0.15, -0.1) is 0 Å². The molecule has 74 valence electrons. The molecule has 0 amide bonds. The van der Waals surface area contributed by atoms with Crippen molar-refractivity contribution < 1.29 is 5.11 Å². The quantitative estimate of drug-likeness (QED) is 0.623. The summed E-state index contributed by atoms with van der Waals surface area (Å²) >= 11 is 0. The summed E-state index contributed by atoms with van der Waals surface area (Å²) in [5.41, 5.74) is 5.57. The van der Waals surface area contributed by atoms with Crippen LogP contribution in [0.1, 0.15) is 13.8 Å². The smallest absolute Gasteiger partial charge is 0.0486 e. The molecule has 0 fully saturated rings. The van der Waals surface area contributed by atoms with E-state index in [9.17, 15) is 0 Å². The van der Waals surface area contributed by atoms with Crippen molar-refractivity contribution >= 4 is 0 Å². The number of hydrogen-bond donors (Lipinski definition) is 2. The van der Waals surface area contributed by atoms with Gasteiger partial charge in [-0.2, -0.15) is 0 Å². The van der Waals surface area contributed by atoms with Crippen molar-refractivity contribution in [2.24, 2.45) is 17.6 Å². The molecule has 0 bridgehead atoms. The van der Waals surface area contributed by atoms with E-state index in [1.165, 1.54) is 0 Å². The van der Waals surface area contributed by atoms with Gasteiger partial charge in [0, 0.05) is 18.6 Å². The van der Waals surface area contributed by atoms with Crippen LogP contribution >= 0.6 is 0 Å². The topological polar surface area (TPSA) is 49.5 Å². The first kappa shape index (κ1) is 11.9. The van der Waals surface area contributed by atoms with E-state index in [0.29, 0.717) is 18.5 Å². The molecule has 12 heavy (non-hydrogen) atoms. The number of nitrogens with zero attached hydrogens (tertiary/aromatic N) is 1. The predicted molar refractivity (Wildman–Crippen MR) is 51.9 cm³/mol. The summed E-state index contributed by atoms with van der Waals surface area (Å²) in [7, 11) is 4.06. The second kappa shape index (κ2) is 5.51. The zero-order valence-corrected chi connectivity index (χ0v) is 8.62. The monoisotopic (exact) mass is 174 g/mol. The summed E-state index contributed by atoms with van der Waals surface area (Å²) in [5, 5.41) is 9.09. The fraction of sp³-hybridized carbons (Fsp3) is 1.00. The minimum atomic E-state index is 0.178. The van der Waals surface area contributed by atoms with Crippen molar-refractivity contribution in [1.29, 1.82) is 0 Å². The highest BCUT2D eigenvalue weighted by Crippen LogP contribution is 2.16. The van der Waals surface area contributed by atoms with Gasteiger partial charge in [0.2, 0.25) is 0 Å². The molecule has 0 saturated heterocycles. The van der Waals surface area contributed by atoms with Crippen LogP contribution in [0.5, 0.6) is 0 Å². The molecule has 0 rings (SSSR count). The van der Waals surface area contributed by atoms with Crippen molar-refractivity contribution in [3.05, 3.63) is 0 Å². The molecule has 0 aliphatic carbocycles. The van der Waals surface area contributed by atoms with Gasteiger partial charge in [0.25, 0.3) is 0 Å². The molecular formula is C9H22N2O. The van der Waals surface area contributed by atoms with Gasteiger partial charge >= 0.3 is 0 Å². The lowest BCUT2D eigenvalue weighted by atomic mass is 9.90. The number of hydrogen-bond acceptors (Lipinski definition) is 3. The zero-order chi connectivity index (χ0) is 9.72. The van der Waals surface area contributed by atoms with Crippen LogP contribution in [-0.4, -0.2) is 43.3 Å². The maximum Gasteiger partial charge on any atom is 0.0486 e. The normalized spacial score (nSPS) is 17.0. The van der Waals surface area contributed by atoms with Gasteiger partial charge in [-0.3, -0.25) is 0 Å². The SMILES string of the molecule is CC(C)[C@H]([C@@H](CN)CO)N(C)C. The first-order valence-corrected chi connectivity index (χ1v) is 4.51. The molecule has 0 aliphatic rings. The molecule has 0 radical (unpaired) electrons. The molecule has 0 saturated carbocycles. The maximum atomic E-state index is 9.09. The van der Waals surface area contributed by atoms with Crippen LogP contribution in [0.25, 0.3) is 0 Å². The maximum absolute atomic E-state index is 9.09. The van der Waals surface area contributed by atoms with Gasteiger partial charge in [0.15, 0.2) is 0 Å². The minimum Gasteiger partial charge on any atom is -0.396 e. The standard InChI is InChI=1S/C9H22N2O/c1-7(2)9(11(3)4)8(5-10)6-12/h7-9,12H,5-6,10H2,1-4H3/t8-,9+/m0/s1. The van der Waals surface area contributed by atoms with Crippen molar-refractivity contribution in [2.75, 3.05) is 27.2 Å². The van der Waals surface area contributed by atoms with Crippen LogP contribution < -0.4 is 5.73 Å². The highest BCUT2D eigenvalue weighted by molar-refractivity contribution is 4.79. The second-order valence-electron chi connectivity index (χ2n) is 3.88. The molecule has 0 aromatic heterocycles. The van der Waals surface area contributed by atoms with E-state index in [2.05, 4.69) is 18.7 Å². The Balaban J connectivity index is 4.26. The van der Waals surface area contributed by atoms with Crippen LogP contribution in [0.15, 0.2) is 0 Å². The number of nitrogens with two attached hydrogens (primary N) is 1. The molecule has 0 heterocycles. The molecular weight excluding hydrogens is 152 g/mol. The summed E-state index contributed by atoms with van der Waals surface area (Å²) in [6.07, 6.45) is 0. The lowest BCUT2D eigenvalue weighted by Crippen LogP contribution is -2.44. The largest absolute Gasteiger partial charge is 0.396 e. The third-order valence-corrected chi connectivity index (χ3v) is 2.30. The van der Waals surface area contributed by atoms with Crippen LogP contribution in [0.4, 0.5) is 0 Å². The molecule has 0 aliphatic heterocycles. The molecule has 3 nitrogen and oxygen atoms in total. The highest BCUT2D eigenvalue weighted by atomic mass is 16.3. The van der Waals surface area contributed by atoms with Crippen molar-refractivity contribution in [1.82, 2.24) is 4.90 Å². The Morgan fingerprint density at radius 2 is 1.83 bits per heavy atom. The number of aliphatic hydroxyl groups is 1. The minimum absolute atomic E-state index is 0.178. The van der Waals surface area contributed by atoms with E-state index in [1.807, 2.05) is 14.1 Å². The first-order valence-electron chi connectivity index (χ1n) is 4.51. The predicted octanol–water partition coefficient (Wildman–Crippen LogP) is 0.140. The molecule has 0 spiro atoms. The third kappa shape index (κ3) is 3.09. The Kier molecular flexibility index (Phi) is 5.46. The fourth-order valence-corrected chi connectivity index (χ4v) is 1.88. The molecule has 0 aromatic rings. The Hall–Kier alpha value is -0.120. The van der Waals surface area contributed by atoms with E-state index in [1.54, 1.807) is 0 Å². The van der Waals surface area contributed by atoms with Crippen molar-refractivity contribution in [2.45, 2.75) is 19.9 Å². The highest BCUT2D eigenvalue weighted by Gasteiger charge is 2.24. The van der Waals surface area contributed by atoms with Crippen molar-refractivity contribution in [3.63, 3.8) is 0 Å². The number of aliphatic hydroxyl groups excluding tert-OH is 1. The zero-order valence-electron chi connectivity index (χ0n) is 8.62. The lowest BCUT2D eigenvalue weighted by Gasteiger charge is -2.33. The Morgan fingerprint density at radius 3 is 1.92 bits per heavy atom. The number of rotatable bonds is 5. The third-order valence-electron chi connectivity index (χ3n) is 2.30. The summed E-state index contributed by atoms with van der Waals surface area (Å²) in [6, 6.07) is 0.375. The van der Waals surface area contributed by atoms with Gasteiger partial charge in [0.1, 0.15) is 0 Å². The molecule has 3 heteroatoms. The van der Waals surface area contributed by atoms with Gasteiger partial charge in [-0.05, 0) is 26.6 Å². The Labute approximate surface area is 75.6 Å². The average molecular weight is 174 g/mol. The molecule has 0 aromatic carbocycles. The van der Waals surface area contributed by atoms with Crippen LogP contribution in [0.3, 0.4) is 0 Å². The van der Waals surface area contributed by atoms with E-state index < -0.39 is 0 Å². The molecule has 0 unspecified atom stereocenters. The summed E-state index contributed by atoms with van der Waals surface area (Å²) < 4.78 is 0. The van der Waals surface area contributed by atoms with Crippen LogP contribution in [-0.2, 0) is 0 Å². The second-order valence-corrected chi connectivity index (χ2v) is 3.88. The van der Waals surface area contributed by atoms with E-state index >= 15 is 0 Å². The Bertz CT molecular complexity index is 103. The van der Waals surface area contributed by atoms with Gasteiger partial charge in [0.05, 0.1) is 0 Å². The van der Waals surface area contributed by atoms with Crippen LogP contribution in [0.2, 0.25) is 0 Å². The van der Waals surface area contributed by atoms with Crippen LogP contribution in [0, 0.1) is 11.8 Å². The summed E-state index contributed by atoms with van der Waals surface area (Å²) in [6.45, 7) is 5.04. The Morgan fingerprint density at radius 1 is 1.33 bits per heavy atom. The van der Waals surface area contributed by atoms with Gasteiger partial charge < -0.3 is 15.7 Å². The average Bonchev–Trinajstić information content (AvgIpc) is 1.98. The van der Waals surface area contributed by atoms with E-state index in [0.717, 1.165) is 0 Å². The fourth-order valence-electron chi connectivity index (χ4n) is 1.88. The molecule has 3 N–H and O–H groups in total. The van der Waals surface area contributed by atoms with Gasteiger partial charge in [-0.25, -0.2) is 0 Å². The molecule has 2 atom stereocenters. The summed E-state index contributed by atoms with van der Waals surface area (Å²) in [5.74, 6) is 0.723. The lowest BCUT2D eigenvalue weighted by molar-refractivity contribution is 0.107. The van der Waals surface area contributed by atoms with E-state index in [4.69, 9.17) is 10.8 Å². The summed E-state index contributed by atoms with van der Waals surface area (Å²) in [4.78, 5) is 2.14. The van der Waals surface area contributed by atoms with Crippen molar-refractivity contribution in [3.8, 4) is 0 Å². The van der Waals surface area contributed by atoms with Gasteiger partial charge in [-0.1, -0.05) is 13.8 Å². The first-order chi connectivity index (χ1) is 5.54.